The number of aromatic nitrogens is 2. The predicted molar refractivity (Wildman–Crippen MR) is 85.0 cm³/mol. The zero-order valence-electron chi connectivity index (χ0n) is 13.8. The fraction of sp³-hybridized carbons (Fsp3) is 0.786. The Balaban J connectivity index is 2.86. The van der Waals surface area contributed by atoms with Crippen LogP contribution in [0.3, 0.4) is 0 Å². The summed E-state index contributed by atoms with van der Waals surface area (Å²) in [5.74, 6) is 0. The lowest BCUT2D eigenvalue weighted by Crippen LogP contribution is -2.27. The summed E-state index contributed by atoms with van der Waals surface area (Å²) in [4.78, 5) is 0.355. The number of hydrogen-bond acceptors (Lipinski definition) is 4. The molecule has 21 heavy (non-hydrogen) atoms. The number of hydrogen-bond donors (Lipinski definition) is 1. The van der Waals surface area contributed by atoms with E-state index in [1.165, 1.54) is 4.31 Å². The molecule has 122 valence electrons. The molecule has 0 aromatic carbocycles. The van der Waals surface area contributed by atoms with Crippen molar-refractivity contribution in [3.8, 4) is 0 Å². The second-order valence-corrected chi connectivity index (χ2v) is 7.23. The highest BCUT2D eigenvalue weighted by Gasteiger charge is 2.27. The highest BCUT2D eigenvalue weighted by Crippen LogP contribution is 2.22. The van der Waals surface area contributed by atoms with Crippen LogP contribution in [0.25, 0.3) is 0 Å². The molecule has 0 radical (unpaired) electrons. The Labute approximate surface area is 128 Å². The van der Waals surface area contributed by atoms with Gasteiger partial charge in [0.05, 0.1) is 11.4 Å². The van der Waals surface area contributed by atoms with E-state index in [0.717, 1.165) is 38.2 Å². The fourth-order valence-electron chi connectivity index (χ4n) is 2.25. The molecule has 1 heterocycles. The Morgan fingerprint density at radius 1 is 1.24 bits per heavy atom. The van der Waals surface area contributed by atoms with Crippen LogP contribution in [0, 0.1) is 13.8 Å². The molecule has 0 fully saturated rings. The van der Waals surface area contributed by atoms with Crippen molar-refractivity contribution in [1.29, 1.82) is 0 Å². The van der Waals surface area contributed by atoms with Gasteiger partial charge >= 0.3 is 0 Å². The van der Waals surface area contributed by atoms with E-state index >= 15 is 0 Å². The summed E-state index contributed by atoms with van der Waals surface area (Å²) in [6.45, 7) is 10.7. The molecule has 0 amide bonds. The van der Waals surface area contributed by atoms with Gasteiger partial charge in [0.1, 0.15) is 4.90 Å². The molecule has 0 saturated heterocycles. The standard InChI is InChI=1S/C14H28N4O2S/c1-6-9-15-10-8-11-18-13(4)14(12(3)16-18)21(19,20)17(5)7-2/h15H,6-11H2,1-5H3. The molecule has 0 aliphatic rings. The minimum Gasteiger partial charge on any atom is -0.317 e. The van der Waals surface area contributed by atoms with Gasteiger partial charge in [0.25, 0.3) is 0 Å². The van der Waals surface area contributed by atoms with E-state index in [4.69, 9.17) is 0 Å². The van der Waals surface area contributed by atoms with Crippen molar-refractivity contribution < 1.29 is 8.42 Å². The van der Waals surface area contributed by atoms with E-state index in [0.29, 0.717) is 17.1 Å². The zero-order chi connectivity index (χ0) is 16.0. The van der Waals surface area contributed by atoms with E-state index in [9.17, 15) is 8.42 Å². The third kappa shape index (κ3) is 4.28. The second-order valence-electron chi connectivity index (χ2n) is 5.25. The maximum atomic E-state index is 12.5. The van der Waals surface area contributed by atoms with Crippen LogP contribution in [0.4, 0.5) is 0 Å². The van der Waals surface area contributed by atoms with Crippen LogP contribution in [-0.4, -0.2) is 49.2 Å². The molecule has 1 N–H and O–H groups in total. The normalized spacial score (nSPS) is 12.3. The quantitative estimate of drug-likeness (QED) is 0.702. The highest BCUT2D eigenvalue weighted by atomic mass is 32.2. The molecule has 0 atom stereocenters. The second kappa shape index (κ2) is 7.91. The molecule has 1 rings (SSSR count). The molecule has 6 nitrogen and oxygen atoms in total. The van der Waals surface area contributed by atoms with Crippen LogP contribution < -0.4 is 5.32 Å². The molecule has 0 unspecified atom stereocenters. The van der Waals surface area contributed by atoms with Gasteiger partial charge in [0.2, 0.25) is 10.0 Å². The Bertz CT molecular complexity index is 552. The number of sulfonamides is 1. The summed E-state index contributed by atoms with van der Waals surface area (Å²) < 4.78 is 28.2. The maximum absolute atomic E-state index is 12.5. The molecule has 0 aliphatic heterocycles. The summed E-state index contributed by atoms with van der Waals surface area (Å²) in [7, 11) is -1.84. The largest absolute Gasteiger partial charge is 0.317 e. The molecular formula is C14H28N4O2S. The minimum atomic E-state index is -3.43. The fourth-order valence-corrected chi connectivity index (χ4v) is 3.80. The third-order valence-corrected chi connectivity index (χ3v) is 5.76. The number of aryl methyl sites for hydroxylation is 2. The first-order chi connectivity index (χ1) is 9.86. The summed E-state index contributed by atoms with van der Waals surface area (Å²) in [6.07, 6.45) is 2.05. The van der Waals surface area contributed by atoms with Crippen LogP contribution in [0.1, 0.15) is 38.1 Å². The van der Waals surface area contributed by atoms with Crippen molar-refractivity contribution in [2.75, 3.05) is 26.7 Å². The van der Waals surface area contributed by atoms with Crippen molar-refractivity contribution in [1.82, 2.24) is 19.4 Å². The minimum absolute atomic E-state index is 0.355. The Kier molecular flexibility index (Phi) is 6.83. The van der Waals surface area contributed by atoms with Gasteiger partial charge in [-0.3, -0.25) is 4.68 Å². The lowest BCUT2D eigenvalue weighted by atomic mass is 10.3. The first kappa shape index (κ1) is 18.1. The monoisotopic (exact) mass is 316 g/mol. The van der Waals surface area contributed by atoms with Gasteiger partial charge in [-0.2, -0.15) is 5.10 Å². The van der Waals surface area contributed by atoms with E-state index in [-0.39, 0.29) is 0 Å². The van der Waals surface area contributed by atoms with Gasteiger partial charge in [0, 0.05) is 20.1 Å². The molecule has 0 spiro atoms. The zero-order valence-corrected chi connectivity index (χ0v) is 14.6. The van der Waals surface area contributed by atoms with Crippen LogP contribution in [0.15, 0.2) is 4.90 Å². The number of rotatable bonds is 9. The summed E-state index contributed by atoms with van der Waals surface area (Å²) in [5.41, 5.74) is 1.30. The smallest absolute Gasteiger partial charge is 0.246 e. The SMILES string of the molecule is CCCNCCCn1nc(C)c(S(=O)(=O)N(C)CC)c1C. The van der Waals surface area contributed by atoms with Crippen LogP contribution in [0.2, 0.25) is 0 Å². The van der Waals surface area contributed by atoms with E-state index in [2.05, 4.69) is 17.3 Å². The highest BCUT2D eigenvalue weighted by molar-refractivity contribution is 7.89. The van der Waals surface area contributed by atoms with Gasteiger partial charge < -0.3 is 5.32 Å². The van der Waals surface area contributed by atoms with Gasteiger partial charge in [0.15, 0.2) is 0 Å². The molecule has 0 aliphatic carbocycles. The summed E-state index contributed by atoms with van der Waals surface area (Å²) >= 11 is 0. The van der Waals surface area contributed by atoms with Crippen molar-refractivity contribution in [3.63, 3.8) is 0 Å². The van der Waals surface area contributed by atoms with Crippen molar-refractivity contribution in [3.05, 3.63) is 11.4 Å². The molecule has 0 saturated carbocycles. The third-order valence-electron chi connectivity index (χ3n) is 3.58. The Morgan fingerprint density at radius 3 is 2.48 bits per heavy atom. The first-order valence-corrected chi connectivity index (χ1v) is 9.01. The summed E-state index contributed by atoms with van der Waals surface area (Å²) in [6, 6.07) is 0. The van der Waals surface area contributed by atoms with Crippen LogP contribution in [-0.2, 0) is 16.6 Å². The van der Waals surface area contributed by atoms with E-state index in [1.54, 1.807) is 18.7 Å². The lowest BCUT2D eigenvalue weighted by molar-refractivity contribution is 0.484. The molecular weight excluding hydrogens is 288 g/mol. The van der Waals surface area contributed by atoms with E-state index < -0.39 is 10.0 Å². The lowest BCUT2D eigenvalue weighted by Gasteiger charge is -2.15. The Morgan fingerprint density at radius 2 is 1.90 bits per heavy atom. The molecule has 1 aromatic rings. The average Bonchev–Trinajstić information content (AvgIpc) is 2.72. The number of nitrogens with zero attached hydrogens (tertiary/aromatic N) is 3. The Hall–Kier alpha value is -0.920. The van der Waals surface area contributed by atoms with Crippen molar-refractivity contribution in [2.45, 2.75) is 52.0 Å². The molecule has 7 heteroatoms. The summed E-state index contributed by atoms with van der Waals surface area (Å²) in [5, 5.41) is 7.73. The van der Waals surface area contributed by atoms with Crippen LogP contribution in [0.5, 0.6) is 0 Å². The van der Waals surface area contributed by atoms with Crippen molar-refractivity contribution >= 4 is 10.0 Å². The van der Waals surface area contributed by atoms with Gasteiger partial charge in [-0.05, 0) is 39.8 Å². The van der Waals surface area contributed by atoms with Gasteiger partial charge in [-0.25, -0.2) is 12.7 Å². The van der Waals surface area contributed by atoms with E-state index in [1.807, 2.05) is 13.8 Å². The first-order valence-electron chi connectivity index (χ1n) is 7.57. The number of nitrogens with one attached hydrogen (secondary N) is 1. The van der Waals surface area contributed by atoms with Crippen LogP contribution >= 0.6 is 0 Å². The van der Waals surface area contributed by atoms with Gasteiger partial charge in [-0.15, -0.1) is 0 Å². The molecule has 0 bridgehead atoms. The topological polar surface area (TPSA) is 67.2 Å². The maximum Gasteiger partial charge on any atom is 0.246 e. The predicted octanol–water partition coefficient (Wildman–Crippen LogP) is 1.53. The molecule has 1 aromatic heterocycles. The van der Waals surface area contributed by atoms with Gasteiger partial charge in [-0.1, -0.05) is 13.8 Å². The average molecular weight is 316 g/mol. The van der Waals surface area contributed by atoms with Crippen molar-refractivity contribution in [2.24, 2.45) is 0 Å².